The van der Waals surface area contributed by atoms with Gasteiger partial charge in [0.1, 0.15) is 0 Å². The molecular formula is C50H38N2. The van der Waals surface area contributed by atoms with Crippen LogP contribution in [0.2, 0.25) is 0 Å². The van der Waals surface area contributed by atoms with Gasteiger partial charge in [0.15, 0.2) is 0 Å². The lowest BCUT2D eigenvalue weighted by Gasteiger charge is -2.23. The molecule has 2 nitrogen and oxygen atoms in total. The van der Waals surface area contributed by atoms with Gasteiger partial charge in [-0.25, -0.2) is 4.99 Å². The number of allylic oxidation sites excluding steroid dienone is 5. The summed E-state index contributed by atoms with van der Waals surface area (Å²) < 4.78 is 0. The Bertz CT molecular complexity index is 2700. The predicted molar refractivity (Wildman–Crippen MR) is 222 cm³/mol. The highest BCUT2D eigenvalue weighted by Crippen LogP contribution is 2.54. The SMILES string of the molecule is C=C1C=CC=C/C1=N/C(=C(\N)c1ccccc1)c1c2ccccc2c(-c2cccc3c2-c2ccccc2C3(C)C)c2cc(-c3ccccc3)ccc12. The van der Waals surface area contributed by atoms with Crippen LogP contribution in [0.1, 0.15) is 36.1 Å². The molecule has 2 N–H and O–H groups in total. The largest absolute Gasteiger partial charge is 0.396 e. The van der Waals surface area contributed by atoms with Crippen LogP contribution >= 0.6 is 0 Å². The van der Waals surface area contributed by atoms with Crippen molar-refractivity contribution in [3.8, 4) is 33.4 Å². The molecule has 0 aliphatic heterocycles. The Labute approximate surface area is 305 Å². The molecule has 0 fully saturated rings. The molecule has 9 rings (SSSR count). The maximum atomic E-state index is 7.24. The molecular weight excluding hydrogens is 629 g/mol. The van der Waals surface area contributed by atoms with E-state index in [9.17, 15) is 0 Å². The number of hydrogen-bond acceptors (Lipinski definition) is 2. The summed E-state index contributed by atoms with van der Waals surface area (Å²) in [4.78, 5) is 5.39. The second-order valence-electron chi connectivity index (χ2n) is 14.2. The molecule has 0 radical (unpaired) electrons. The average Bonchev–Trinajstić information content (AvgIpc) is 3.43. The second-order valence-corrected chi connectivity index (χ2v) is 14.2. The Kier molecular flexibility index (Phi) is 7.48. The number of nitrogens with two attached hydrogens (primary N) is 1. The van der Waals surface area contributed by atoms with Crippen LogP contribution in [-0.4, -0.2) is 5.71 Å². The van der Waals surface area contributed by atoms with Crippen LogP contribution in [-0.2, 0) is 5.41 Å². The zero-order chi connectivity index (χ0) is 35.4. The van der Waals surface area contributed by atoms with E-state index < -0.39 is 0 Å². The van der Waals surface area contributed by atoms with Gasteiger partial charge in [-0.15, -0.1) is 0 Å². The molecule has 7 aromatic carbocycles. The van der Waals surface area contributed by atoms with Crippen molar-refractivity contribution in [1.29, 1.82) is 0 Å². The van der Waals surface area contributed by atoms with Gasteiger partial charge < -0.3 is 5.73 Å². The fraction of sp³-hybridized carbons (Fsp3) is 0.0600. The Morgan fingerprint density at radius 3 is 1.98 bits per heavy atom. The first-order chi connectivity index (χ1) is 25.4. The topological polar surface area (TPSA) is 38.4 Å². The number of aliphatic imine (C=N–C) groups is 1. The molecule has 0 unspecified atom stereocenters. The molecule has 0 bridgehead atoms. The predicted octanol–water partition coefficient (Wildman–Crippen LogP) is 12.5. The van der Waals surface area contributed by atoms with E-state index in [0.717, 1.165) is 55.2 Å². The lowest BCUT2D eigenvalue weighted by atomic mass is 9.80. The average molecular weight is 667 g/mol. The van der Waals surface area contributed by atoms with Crippen LogP contribution in [0.4, 0.5) is 0 Å². The van der Waals surface area contributed by atoms with Gasteiger partial charge in [0, 0.05) is 11.0 Å². The van der Waals surface area contributed by atoms with E-state index in [2.05, 4.69) is 148 Å². The Hall–Kier alpha value is -6.51. The van der Waals surface area contributed by atoms with Gasteiger partial charge in [-0.3, -0.25) is 0 Å². The highest BCUT2D eigenvalue weighted by atomic mass is 14.8. The molecule has 0 atom stereocenters. The van der Waals surface area contributed by atoms with E-state index in [1.54, 1.807) is 0 Å². The van der Waals surface area contributed by atoms with Crippen molar-refractivity contribution in [3.05, 3.63) is 204 Å². The minimum Gasteiger partial charge on any atom is -0.396 e. The quantitative estimate of drug-likeness (QED) is 0.144. The molecule has 2 aliphatic carbocycles. The lowest BCUT2D eigenvalue weighted by molar-refractivity contribution is 0.660. The summed E-state index contributed by atoms with van der Waals surface area (Å²) >= 11 is 0. The van der Waals surface area contributed by atoms with Gasteiger partial charge in [0.25, 0.3) is 0 Å². The molecule has 0 saturated carbocycles. The fourth-order valence-corrected chi connectivity index (χ4v) is 8.24. The molecule has 52 heavy (non-hydrogen) atoms. The van der Waals surface area contributed by atoms with Crippen molar-refractivity contribution in [1.82, 2.24) is 0 Å². The molecule has 0 spiro atoms. The van der Waals surface area contributed by atoms with E-state index >= 15 is 0 Å². The minimum atomic E-state index is -0.122. The van der Waals surface area contributed by atoms with E-state index in [-0.39, 0.29) is 5.41 Å². The van der Waals surface area contributed by atoms with Gasteiger partial charge >= 0.3 is 0 Å². The third kappa shape index (κ3) is 4.99. The maximum Gasteiger partial charge on any atom is 0.0957 e. The first kappa shape index (κ1) is 31.5. The molecule has 248 valence electrons. The molecule has 0 saturated heterocycles. The number of fused-ring (bicyclic) bond motifs is 5. The fourth-order valence-electron chi connectivity index (χ4n) is 8.24. The summed E-state index contributed by atoms with van der Waals surface area (Å²) in [6.45, 7) is 9.02. The second kappa shape index (κ2) is 12.4. The third-order valence-corrected chi connectivity index (χ3v) is 10.8. The van der Waals surface area contributed by atoms with Crippen molar-refractivity contribution in [2.24, 2.45) is 10.7 Å². The van der Waals surface area contributed by atoms with Crippen molar-refractivity contribution >= 4 is 38.7 Å². The number of nitrogens with zero attached hydrogens (tertiary/aromatic N) is 1. The van der Waals surface area contributed by atoms with Crippen LogP contribution < -0.4 is 5.73 Å². The third-order valence-electron chi connectivity index (χ3n) is 10.8. The summed E-state index contributed by atoms with van der Waals surface area (Å²) in [6.07, 6.45) is 8.01. The molecule has 0 heterocycles. The van der Waals surface area contributed by atoms with Crippen LogP contribution in [0.25, 0.3) is 66.3 Å². The van der Waals surface area contributed by atoms with E-state index in [1.807, 2.05) is 42.5 Å². The Balaban J connectivity index is 1.45. The highest BCUT2D eigenvalue weighted by molar-refractivity contribution is 6.24. The minimum absolute atomic E-state index is 0.122. The zero-order valence-corrected chi connectivity index (χ0v) is 29.4. The Morgan fingerprint density at radius 2 is 1.19 bits per heavy atom. The lowest BCUT2D eigenvalue weighted by Crippen LogP contribution is -2.14. The van der Waals surface area contributed by atoms with Crippen LogP contribution in [0, 0.1) is 0 Å². The summed E-state index contributed by atoms with van der Waals surface area (Å²) in [6, 6.07) is 52.2. The molecule has 2 heteroatoms. The monoisotopic (exact) mass is 666 g/mol. The van der Waals surface area contributed by atoms with E-state index in [4.69, 9.17) is 10.7 Å². The number of benzene rings is 7. The molecule has 7 aromatic rings. The van der Waals surface area contributed by atoms with Crippen molar-refractivity contribution < 1.29 is 0 Å². The van der Waals surface area contributed by atoms with E-state index in [1.165, 1.54) is 38.9 Å². The molecule has 0 amide bonds. The highest BCUT2D eigenvalue weighted by Gasteiger charge is 2.37. The van der Waals surface area contributed by atoms with Crippen LogP contribution in [0.5, 0.6) is 0 Å². The Morgan fingerprint density at radius 1 is 0.558 bits per heavy atom. The van der Waals surface area contributed by atoms with Crippen LogP contribution in [0.15, 0.2) is 187 Å². The van der Waals surface area contributed by atoms with Gasteiger partial charge in [-0.05, 0) is 89.3 Å². The molecule has 2 aliphatic rings. The maximum absolute atomic E-state index is 7.24. The van der Waals surface area contributed by atoms with Crippen LogP contribution in [0.3, 0.4) is 0 Å². The van der Waals surface area contributed by atoms with Gasteiger partial charge in [-0.1, -0.05) is 178 Å². The standard InChI is InChI=1S/C50H38N2/c1-32-17-10-15-28-44(32)52-49(48(51)34-20-8-5-9-21-34)47-37-23-12-11-22-36(37)45(41-31-35(29-30-38(41)47)33-18-6-4-7-19-33)40-25-16-27-43-46(40)39-24-13-14-26-42(39)50(43,2)3/h4-31H,1,51H2,2-3H3/b49-48-,52-44-. The van der Waals surface area contributed by atoms with Gasteiger partial charge in [0.05, 0.1) is 17.1 Å². The summed E-state index contributed by atoms with van der Waals surface area (Å²) in [5, 5.41) is 4.50. The summed E-state index contributed by atoms with van der Waals surface area (Å²) in [5.41, 5.74) is 22.1. The summed E-state index contributed by atoms with van der Waals surface area (Å²) in [5.74, 6) is 0. The number of hydrogen-bond donors (Lipinski definition) is 1. The molecule has 0 aromatic heterocycles. The van der Waals surface area contributed by atoms with E-state index in [0.29, 0.717) is 5.70 Å². The summed E-state index contributed by atoms with van der Waals surface area (Å²) in [7, 11) is 0. The smallest absolute Gasteiger partial charge is 0.0957 e. The zero-order valence-electron chi connectivity index (χ0n) is 29.4. The van der Waals surface area contributed by atoms with Crippen molar-refractivity contribution in [2.45, 2.75) is 19.3 Å². The van der Waals surface area contributed by atoms with Gasteiger partial charge in [-0.2, -0.15) is 0 Å². The van der Waals surface area contributed by atoms with Crippen molar-refractivity contribution in [3.63, 3.8) is 0 Å². The van der Waals surface area contributed by atoms with Gasteiger partial charge in [0.2, 0.25) is 0 Å². The number of rotatable bonds is 5. The first-order valence-corrected chi connectivity index (χ1v) is 17.9. The van der Waals surface area contributed by atoms with Crippen molar-refractivity contribution in [2.75, 3.05) is 0 Å². The normalized spacial score (nSPS) is 15.6. The first-order valence-electron chi connectivity index (χ1n) is 17.9.